The van der Waals surface area contributed by atoms with Gasteiger partial charge in [0.05, 0.1) is 38.4 Å². The molecule has 2 aliphatic rings. The van der Waals surface area contributed by atoms with Gasteiger partial charge in [-0.1, -0.05) is 88.4 Å². The van der Waals surface area contributed by atoms with Crippen molar-refractivity contribution >= 4 is 23.5 Å². The summed E-state index contributed by atoms with van der Waals surface area (Å²) in [4.78, 5) is 56.6. The molecular formula is C40H59N5O6. The Morgan fingerprint density at radius 3 is 1.90 bits per heavy atom. The zero-order valence-electron chi connectivity index (χ0n) is 31.1. The van der Waals surface area contributed by atoms with Crippen LogP contribution in [0.2, 0.25) is 0 Å². The Balaban J connectivity index is 1.47. The first-order valence-corrected chi connectivity index (χ1v) is 18.6. The van der Waals surface area contributed by atoms with E-state index in [0.29, 0.717) is 65.3 Å². The number of aryl methyl sites for hydroxylation is 1. The lowest BCUT2D eigenvalue weighted by atomic mass is 9.93. The summed E-state index contributed by atoms with van der Waals surface area (Å²) in [5.41, 5.74) is 1.18. The van der Waals surface area contributed by atoms with Gasteiger partial charge in [-0.3, -0.25) is 24.1 Å². The zero-order chi connectivity index (χ0) is 36.8. The molecule has 3 amide bonds. The van der Waals surface area contributed by atoms with Gasteiger partial charge in [-0.05, 0) is 55.6 Å². The van der Waals surface area contributed by atoms with E-state index in [1.807, 2.05) is 62.4 Å². The molecule has 11 nitrogen and oxygen atoms in total. The highest BCUT2D eigenvalue weighted by molar-refractivity contribution is 5.98. The number of ether oxygens (including phenoxy) is 2. The number of morpholine rings is 1. The van der Waals surface area contributed by atoms with Crippen LogP contribution in [0.5, 0.6) is 0 Å². The highest BCUT2D eigenvalue weighted by Crippen LogP contribution is 2.29. The second-order valence-corrected chi connectivity index (χ2v) is 15.1. The summed E-state index contributed by atoms with van der Waals surface area (Å²) >= 11 is 0. The first kappa shape index (κ1) is 40.1. The molecular weight excluding hydrogens is 646 g/mol. The summed E-state index contributed by atoms with van der Waals surface area (Å²) < 4.78 is 10.9. The molecule has 280 valence electrons. The molecule has 2 aromatic carbocycles. The predicted molar refractivity (Wildman–Crippen MR) is 198 cm³/mol. The standard InChI is InChI=1S/C40H59N5O6/c1-28(2)22-33(37(47)40(5)27-51-40)43-39(49)35(24-31-14-10-7-11-15-31)44-38(48)34(23-29(3)4)41-25-32(17-16-30-12-8-6-9-13-30)42-36(46)26-45-18-20-50-21-19-45/h6-15,28-29,32-35,41H,16-27H2,1-5H3,(H,42,46)(H,43,49)(H,44,48)/t32-,33-,34-,35+,40+/m0/s1. The van der Waals surface area contributed by atoms with Crippen molar-refractivity contribution in [3.8, 4) is 0 Å². The second-order valence-electron chi connectivity index (χ2n) is 15.1. The minimum Gasteiger partial charge on any atom is -0.379 e. The molecule has 0 spiro atoms. The number of epoxide rings is 1. The van der Waals surface area contributed by atoms with E-state index in [2.05, 4.69) is 52.1 Å². The van der Waals surface area contributed by atoms with Crippen LogP contribution in [0, 0.1) is 11.8 Å². The molecule has 2 aliphatic heterocycles. The van der Waals surface area contributed by atoms with E-state index in [0.717, 1.165) is 12.0 Å². The van der Waals surface area contributed by atoms with Crippen LogP contribution >= 0.6 is 0 Å². The van der Waals surface area contributed by atoms with Crippen LogP contribution in [0.25, 0.3) is 0 Å². The summed E-state index contributed by atoms with van der Waals surface area (Å²) in [5.74, 6) is -0.573. The van der Waals surface area contributed by atoms with Gasteiger partial charge in [0.25, 0.3) is 0 Å². The highest BCUT2D eigenvalue weighted by atomic mass is 16.6. The van der Waals surface area contributed by atoms with Gasteiger partial charge in [0.2, 0.25) is 17.7 Å². The van der Waals surface area contributed by atoms with Gasteiger partial charge >= 0.3 is 0 Å². The number of ketones is 1. The topological polar surface area (TPSA) is 141 Å². The van der Waals surface area contributed by atoms with E-state index in [-0.39, 0.29) is 41.9 Å². The third kappa shape index (κ3) is 13.8. The van der Waals surface area contributed by atoms with E-state index < -0.39 is 29.6 Å². The molecule has 0 bridgehead atoms. The molecule has 5 atom stereocenters. The Hall–Kier alpha value is -3.64. The van der Waals surface area contributed by atoms with E-state index in [4.69, 9.17) is 9.47 Å². The minimum atomic E-state index is -0.908. The number of carbonyl (C=O) groups excluding carboxylic acids is 4. The monoisotopic (exact) mass is 705 g/mol. The highest BCUT2D eigenvalue weighted by Gasteiger charge is 2.50. The van der Waals surface area contributed by atoms with Gasteiger partial charge in [-0.2, -0.15) is 0 Å². The lowest BCUT2D eigenvalue weighted by Gasteiger charge is -2.29. The zero-order valence-corrected chi connectivity index (χ0v) is 31.1. The number of hydrogen-bond acceptors (Lipinski definition) is 8. The summed E-state index contributed by atoms with van der Waals surface area (Å²) in [6, 6.07) is 17.2. The molecule has 0 saturated carbocycles. The molecule has 0 radical (unpaired) electrons. The van der Waals surface area contributed by atoms with E-state index in [1.54, 1.807) is 6.92 Å². The molecule has 4 rings (SSSR count). The van der Waals surface area contributed by atoms with Crippen LogP contribution in [-0.2, 0) is 41.5 Å². The largest absolute Gasteiger partial charge is 0.379 e. The Labute approximate surface area is 304 Å². The van der Waals surface area contributed by atoms with Crippen molar-refractivity contribution in [3.05, 3.63) is 71.8 Å². The Morgan fingerprint density at radius 2 is 1.31 bits per heavy atom. The normalized spacial score (nSPS) is 19.9. The molecule has 2 heterocycles. The van der Waals surface area contributed by atoms with E-state index in [1.165, 1.54) is 5.56 Å². The van der Waals surface area contributed by atoms with Gasteiger partial charge in [-0.15, -0.1) is 0 Å². The molecule has 11 heteroatoms. The first-order chi connectivity index (χ1) is 24.4. The van der Waals surface area contributed by atoms with Crippen LogP contribution in [0.15, 0.2) is 60.7 Å². The quantitative estimate of drug-likeness (QED) is 0.145. The molecule has 2 fully saturated rings. The molecule has 4 N–H and O–H groups in total. The number of amides is 3. The van der Waals surface area contributed by atoms with Gasteiger partial charge in [0, 0.05) is 32.1 Å². The van der Waals surface area contributed by atoms with Crippen LogP contribution in [-0.4, -0.2) is 104 Å². The fraction of sp³-hybridized carbons (Fsp3) is 0.600. The Bertz CT molecular complexity index is 1390. The Kier molecular flexibility index (Phi) is 15.6. The van der Waals surface area contributed by atoms with Gasteiger partial charge in [-0.25, -0.2) is 0 Å². The third-order valence-electron chi connectivity index (χ3n) is 9.45. The van der Waals surface area contributed by atoms with Crippen molar-refractivity contribution in [2.75, 3.05) is 46.0 Å². The maximum atomic E-state index is 14.1. The Morgan fingerprint density at radius 1 is 0.765 bits per heavy atom. The summed E-state index contributed by atoms with van der Waals surface area (Å²) in [6.45, 7) is 13.5. The maximum absolute atomic E-state index is 14.1. The SMILES string of the molecule is CC(C)C[C@H](NC[C@H](CCc1ccccc1)NC(=O)CN1CCOCC1)C(=O)N[C@H](Cc1ccccc1)C(=O)N[C@@H](CC(C)C)C(=O)[C@@]1(C)CO1. The third-order valence-corrected chi connectivity index (χ3v) is 9.45. The lowest BCUT2D eigenvalue weighted by Crippen LogP contribution is -2.58. The maximum Gasteiger partial charge on any atom is 0.243 e. The molecule has 51 heavy (non-hydrogen) atoms. The minimum absolute atomic E-state index is 0.0582. The fourth-order valence-corrected chi connectivity index (χ4v) is 6.41. The van der Waals surface area contributed by atoms with Crippen LogP contribution in [0.4, 0.5) is 0 Å². The van der Waals surface area contributed by atoms with Crippen LogP contribution in [0.3, 0.4) is 0 Å². The molecule has 0 unspecified atom stereocenters. The molecule has 0 aromatic heterocycles. The average Bonchev–Trinajstić information content (AvgIpc) is 3.86. The summed E-state index contributed by atoms with van der Waals surface area (Å²) in [5, 5.41) is 12.7. The smallest absolute Gasteiger partial charge is 0.243 e. The number of rotatable bonds is 21. The van der Waals surface area contributed by atoms with Crippen LogP contribution < -0.4 is 21.3 Å². The van der Waals surface area contributed by atoms with Gasteiger partial charge in [0.1, 0.15) is 11.6 Å². The summed E-state index contributed by atoms with van der Waals surface area (Å²) in [7, 11) is 0. The number of nitrogens with one attached hydrogen (secondary N) is 4. The average molecular weight is 706 g/mol. The fourth-order valence-electron chi connectivity index (χ4n) is 6.41. The lowest BCUT2D eigenvalue weighted by molar-refractivity contribution is -0.133. The summed E-state index contributed by atoms with van der Waals surface area (Å²) in [6.07, 6.45) is 2.72. The van der Waals surface area contributed by atoms with E-state index >= 15 is 0 Å². The molecule has 2 aromatic rings. The van der Waals surface area contributed by atoms with Crippen LogP contribution in [0.1, 0.15) is 65.0 Å². The van der Waals surface area contributed by atoms with E-state index in [9.17, 15) is 19.2 Å². The number of Topliss-reactive ketones (excluding diaryl/α,β-unsaturated/α-hetero) is 1. The van der Waals surface area contributed by atoms with Gasteiger partial charge < -0.3 is 30.7 Å². The van der Waals surface area contributed by atoms with Crippen molar-refractivity contribution < 1.29 is 28.7 Å². The van der Waals surface area contributed by atoms with Crippen molar-refractivity contribution in [1.29, 1.82) is 0 Å². The van der Waals surface area contributed by atoms with Crippen molar-refractivity contribution in [2.24, 2.45) is 11.8 Å². The predicted octanol–water partition coefficient (Wildman–Crippen LogP) is 3.06. The second kappa shape index (κ2) is 19.8. The first-order valence-electron chi connectivity index (χ1n) is 18.6. The number of hydrogen-bond donors (Lipinski definition) is 4. The van der Waals surface area contributed by atoms with Gasteiger partial charge in [0.15, 0.2) is 5.78 Å². The number of benzene rings is 2. The molecule has 0 aliphatic carbocycles. The molecule has 2 saturated heterocycles. The van der Waals surface area contributed by atoms with Crippen molar-refractivity contribution in [1.82, 2.24) is 26.2 Å². The van der Waals surface area contributed by atoms with Crippen molar-refractivity contribution in [3.63, 3.8) is 0 Å². The van der Waals surface area contributed by atoms with Crippen molar-refractivity contribution in [2.45, 2.75) is 96.5 Å². The number of nitrogens with zero attached hydrogens (tertiary/aromatic N) is 1. The number of carbonyl (C=O) groups is 4.